The van der Waals surface area contributed by atoms with Crippen molar-refractivity contribution >= 4 is 11.9 Å². The number of carboxylic acid groups (broad SMARTS) is 1. The van der Waals surface area contributed by atoms with Gasteiger partial charge in [0.2, 0.25) is 11.7 Å². The number of benzene rings is 2. The molecule has 1 saturated carbocycles. The monoisotopic (exact) mass is 447 g/mol. The van der Waals surface area contributed by atoms with Crippen LogP contribution in [0.1, 0.15) is 51.0 Å². The van der Waals surface area contributed by atoms with Crippen molar-refractivity contribution in [2.75, 3.05) is 6.54 Å². The number of hydrogen-bond donors (Lipinski definition) is 2. The lowest BCUT2D eigenvalue weighted by molar-refractivity contribution is -0.151. The van der Waals surface area contributed by atoms with E-state index in [0.29, 0.717) is 31.8 Å². The van der Waals surface area contributed by atoms with E-state index < -0.39 is 11.4 Å². The number of tetrazole rings is 1. The van der Waals surface area contributed by atoms with Crippen LogP contribution in [0.15, 0.2) is 48.5 Å². The van der Waals surface area contributed by atoms with E-state index >= 15 is 0 Å². The molecule has 0 radical (unpaired) electrons. The Morgan fingerprint density at radius 1 is 1.06 bits per heavy atom. The van der Waals surface area contributed by atoms with Crippen molar-refractivity contribution in [3.63, 3.8) is 0 Å². The zero-order chi connectivity index (χ0) is 23.3. The Bertz CT molecular complexity index is 1090. The molecule has 0 atom stereocenters. The maximum atomic E-state index is 13.5. The summed E-state index contributed by atoms with van der Waals surface area (Å²) in [4.78, 5) is 26.8. The van der Waals surface area contributed by atoms with Gasteiger partial charge in [0.05, 0.1) is 11.8 Å². The summed E-state index contributed by atoms with van der Waals surface area (Å²) in [5.74, 6) is -0.378. The zero-order valence-electron chi connectivity index (χ0n) is 18.8. The second-order valence-electron chi connectivity index (χ2n) is 8.76. The summed E-state index contributed by atoms with van der Waals surface area (Å²) in [5, 5.41) is 23.8. The molecule has 0 unspecified atom stereocenters. The molecule has 2 N–H and O–H groups in total. The lowest BCUT2D eigenvalue weighted by Crippen LogP contribution is -2.43. The van der Waals surface area contributed by atoms with E-state index in [2.05, 4.69) is 20.6 Å². The highest BCUT2D eigenvalue weighted by atomic mass is 16.4. The summed E-state index contributed by atoms with van der Waals surface area (Å²) in [5.41, 5.74) is 3.16. The number of aromatic amines is 1. The molecule has 172 valence electrons. The highest BCUT2D eigenvalue weighted by Gasteiger charge is 2.44. The molecule has 1 fully saturated rings. The number of aromatic nitrogens is 4. The van der Waals surface area contributed by atoms with Crippen LogP contribution in [-0.2, 0) is 16.1 Å². The fourth-order valence-electron chi connectivity index (χ4n) is 4.88. The number of amides is 1. The number of hydrogen-bond acceptors (Lipinski definition) is 5. The van der Waals surface area contributed by atoms with Gasteiger partial charge in [0.1, 0.15) is 0 Å². The van der Waals surface area contributed by atoms with Crippen LogP contribution in [0.5, 0.6) is 0 Å². The fraction of sp³-hybridized carbons (Fsp3) is 0.400. The predicted octanol–water partition coefficient (Wildman–Crippen LogP) is 4.31. The summed E-state index contributed by atoms with van der Waals surface area (Å²) in [6, 6.07) is 16.0. The molecule has 33 heavy (non-hydrogen) atoms. The minimum absolute atomic E-state index is 0.0178. The normalized spacial score (nSPS) is 14.8. The van der Waals surface area contributed by atoms with Gasteiger partial charge in [-0.1, -0.05) is 68.3 Å². The van der Waals surface area contributed by atoms with Gasteiger partial charge in [-0.05, 0) is 41.2 Å². The first kappa shape index (κ1) is 22.6. The third-order valence-corrected chi connectivity index (χ3v) is 6.44. The maximum absolute atomic E-state index is 13.5. The van der Waals surface area contributed by atoms with Crippen LogP contribution < -0.4 is 0 Å². The summed E-state index contributed by atoms with van der Waals surface area (Å²) in [7, 11) is 0. The Balaban J connectivity index is 1.55. The number of carbonyl (C=O) groups is 2. The number of aliphatic carboxylic acids is 1. The lowest BCUT2D eigenvalue weighted by Gasteiger charge is -2.33. The quantitative estimate of drug-likeness (QED) is 0.506. The highest BCUT2D eigenvalue weighted by Crippen LogP contribution is 2.43. The van der Waals surface area contributed by atoms with Crippen LogP contribution in [0, 0.1) is 5.41 Å². The Kier molecular flexibility index (Phi) is 6.82. The highest BCUT2D eigenvalue weighted by molar-refractivity contribution is 5.87. The van der Waals surface area contributed by atoms with Crippen LogP contribution in [-0.4, -0.2) is 49.1 Å². The van der Waals surface area contributed by atoms with Crippen molar-refractivity contribution in [3.05, 3.63) is 54.1 Å². The molecule has 2 aromatic carbocycles. The molecule has 8 nitrogen and oxygen atoms in total. The summed E-state index contributed by atoms with van der Waals surface area (Å²) in [6.07, 6.45) is 3.87. The topological polar surface area (TPSA) is 112 Å². The van der Waals surface area contributed by atoms with Gasteiger partial charge in [-0.3, -0.25) is 9.59 Å². The molecular weight excluding hydrogens is 418 g/mol. The van der Waals surface area contributed by atoms with Crippen LogP contribution in [0.2, 0.25) is 0 Å². The van der Waals surface area contributed by atoms with E-state index in [1.54, 1.807) is 0 Å². The smallest absolute Gasteiger partial charge is 0.304 e. The fourth-order valence-corrected chi connectivity index (χ4v) is 4.88. The van der Waals surface area contributed by atoms with Gasteiger partial charge in [-0.2, -0.15) is 5.21 Å². The molecule has 1 aliphatic carbocycles. The predicted molar refractivity (Wildman–Crippen MR) is 124 cm³/mol. The van der Waals surface area contributed by atoms with Crippen molar-refractivity contribution in [2.24, 2.45) is 5.41 Å². The van der Waals surface area contributed by atoms with Crippen LogP contribution in [0.3, 0.4) is 0 Å². The number of nitrogens with one attached hydrogen (secondary N) is 1. The van der Waals surface area contributed by atoms with E-state index in [1.165, 1.54) is 0 Å². The molecule has 1 heterocycles. The van der Waals surface area contributed by atoms with Crippen LogP contribution >= 0.6 is 0 Å². The van der Waals surface area contributed by atoms with Gasteiger partial charge >= 0.3 is 5.97 Å². The molecule has 0 saturated heterocycles. The zero-order valence-corrected chi connectivity index (χ0v) is 18.8. The number of rotatable bonds is 9. The molecule has 0 aliphatic heterocycles. The van der Waals surface area contributed by atoms with Crippen LogP contribution in [0.25, 0.3) is 22.5 Å². The standard InChI is InChI=1S/C25H29N5O3/c1-2-15-30(24(33)25(16-22(31)32)13-5-6-14-25)17-18-9-11-19(12-10-18)20-7-3-4-8-21(20)23-26-28-29-27-23/h3-4,7-12H,2,5-6,13-17H2,1H3,(H,31,32)(H,26,27,28,29). The summed E-state index contributed by atoms with van der Waals surface area (Å²) >= 11 is 0. The molecule has 8 heteroatoms. The van der Waals surface area contributed by atoms with Gasteiger partial charge in [-0.25, -0.2) is 0 Å². The van der Waals surface area contributed by atoms with Crippen molar-refractivity contribution in [1.82, 2.24) is 25.5 Å². The van der Waals surface area contributed by atoms with Gasteiger partial charge in [0.25, 0.3) is 0 Å². The maximum Gasteiger partial charge on any atom is 0.304 e. The minimum atomic E-state index is -0.897. The second kappa shape index (κ2) is 9.94. The first-order valence-corrected chi connectivity index (χ1v) is 11.5. The van der Waals surface area contributed by atoms with Crippen molar-refractivity contribution < 1.29 is 14.7 Å². The molecule has 4 rings (SSSR count). The molecule has 1 amide bonds. The van der Waals surface area contributed by atoms with E-state index in [1.807, 2.05) is 60.4 Å². The first-order valence-electron chi connectivity index (χ1n) is 11.5. The average Bonchev–Trinajstić information content (AvgIpc) is 3.52. The molecular formula is C25H29N5O3. The van der Waals surface area contributed by atoms with Gasteiger partial charge in [0.15, 0.2) is 0 Å². The van der Waals surface area contributed by atoms with Crippen molar-refractivity contribution in [1.29, 1.82) is 0 Å². The third-order valence-electron chi connectivity index (χ3n) is 6.44. The molecule has 1 aliphatic rings. The largest absolute Gasteiger partial charge is 0.481 e. The Labute approximate surface area is 193 Å². The molecule has 3 aromatic rings. The Hall–Kier alpha value is -3.55. The molecule has 0 bridgehead atoms. The summed E-state index contributed by atoms with van der Waals surface area (Å²) in [6.45, 7) is 3.13. The first-order chi connectivity index (χ1) is 16.0. The van der Waals surface area contributed by atoms with Crippen molar-refractivity contribution in [2.45, 2.75) is 52.0 Å². The van der Waals surface area contributed by atoms with Crippen molar-refractivity contribution in [3.8, 4) is 22.5 Å². The number of carbonyl (C=O) groups excluding carboxylic acids is 1. The average molecular weight is 448 g/mol. The van der Waals surface area contributed by atoms with Crippen LogP contribution in [0.4, 0.5) is 0 Å². The van der Waals surface area contributed by atoms with Gasteiger partial charge in [0, 0.05) is 18.7 Å². The lowest BCUT2D eigenvalue weighted by atomic mass is 9.81. The number of H-pyrrole nitrogens is 1. The SMILES string of the molecule is CCCN(Cc1ccc(-c2ccccc2-c2nn[nH]n2)cc1)C(=O)C1(CC(=O)O)CCCC1. The number of nitrogens with zero attached hydrogens (tertiary/aromatic N) is 4. The van der Waals surface area contributed by atoms with E-state index in [4.69, 9.17) is 0 Å². The third kappa shape index (κ3) is 4.94. The minimum Gasteiger partial charge on any atom is -0.481 e. The van der Waals surface area contributed by atoms with E-state index in [0.717, 1.165) is 41.5 Å². The Morgan fingerprint density at radius 3 is 2.36 bits per heavy atom. The summed E-state index contributed by atoms with van der Waals surface area (Å²) < 4.78 is 0. The molecule has 0 spiro atoms. The van der Waals surface area contributed by atoms with Gasteiger partial charge < -0.3 is 10.0 Å². The Morgan fingerprint density at radius 2 is 1.76 bits per heavy atom. The van der Waals surface area contributed by atoms with Gasteiger partial charge in [-0.15, -0.1) is 10.2 Å². The van der Waals surface area contributed by atoms with E-state index in [-0.39, 0.29) is 12.3 Å². The van der Waals surface area contributed by atoms with E-state index in [9.17, 15) is 14.7 Å². The number of carboxylic acids is 1. The molecule has 1 aromatic heterocycles. The second-order valence-corrected chi connectivity index (χ2v) is 8.76.